The molecule has 0 saturated carbocycles. The zero-order valence-electron chi connectivity index (χ0n) is 15.6. The molecule has 0 spiro atoms. The highest BCUT2D eigenvalue weighted by molar-refractivity contribution is 7.89. The number of hydrogen-bond donors (Lipinski definition) is 1. The molecule has 0 radical (unpaired) electrons. The molecule has 27 heavy (non-hydrogen) atoms. The third kappa shape index (κ3) is 4.68. The molecule has 2 aromatic rings. The third-order valence-electron chi connectivity index (χ3n) is 4.64. The number of nitrogens with one attached hydrogen (secondary N) is 1. The Bertz CT molecular complexity index is 866. The first kappa shape index (κ1) is 21.8. The van der Waals surface area contributed by atoms with Gasteiger partial charge in [0, 0.05) is 18.8 Å². The van der Waals surface area contributed by atoms with Crippen LogP contribution in [0.1, 0.15) is 31.7 Å². The maximum absolute atomic E-state index is 14.6. The van der Waals surface area contributed by atoms with Gasteiger partial charge >= 0.3 is 0 Å². The molecular weight excluding hydrogens is 391 g/mol. The summed E-state index contributed by atoms with van der Waals surface area (Å²) in [5.41, 5.74) is 1.14. The van der Waals surface area contributed by atoms with Gasteiger partial charge < -0.3 is 5.32 Å². The second-order valence-electron chi connectivity index (χ2n) is 6.67. The van der Waals surface area contributed by atoms with Crippen molar-refractivity contribution in [2.24, 2.45) is 0 Å². The van der Waals surface area contributed by atoms with Crippen LogP contribution in [0.25, 0.3) is 5.69 Å². The van der Waals surface area contributed by atoms with E-state index in [4.69, 9.17) is 0 Å². The fourth-order valence-electron chi connectivity index (χ4n) is 3.33. The van der Waals surface area contributed by atoms with E-state index in [0.717, 1.165) is 44.0 Å². The van der Waals surface area contributed by atoms with Crippen molar-refractivity contribution in [1.82, 2.24) is 19.4 Å². The third-order valence-corrected chi connectivity index (χ3v) is 6.59. The Kier molecular flexibility index (Phi) is 7.39. The number of benzene rings is 1. The van der Waals surface area contributed by atoms with E-state index >= 15 is 0 Å². The lowest BCUT2D eigenvalue weighted by Gasteiger charge is -2.33. The van der Waals surface area contributed by atoms with E-state index in [1.165, 1.54) is 16.8 Å². The van der Waals surface area contributed by atoms with Gasteiger partial charge in [0.2, 0.25) is 10.0 Å². The number of sulfonamides is 1. The molecule has 0 atom stereocenters. The second kappa shape index (κ2) is 9.14. The first-order valence-electron chi connectivity index (χ1n) is 8.97. The van der Waals surface area contributed by atoms with Gasteiger partial charge in [-0.25, -0.2) is 17.5 Å². The lowest BCUT2D eigenvalue weighted by molar-refractivity contribution is 0.262. The minimum atomic E-state index is -3.74. The van der Waals surface area contributed by atoms with Gasteiger partial charge in [0.25, 0.3) is 0 Å². The Labute approximate surface area is 166 Å². The molecule has 1 N–H and O–H groups in total. The quantitative estimate of drug-likeness (QED) is 0.786. The average molecular weight is 417 g/mol. The van der Waals surface area contributed by atoms with Crippen LogP contribution in [0, 0.1) is 12.7 Å². The molecule has 6 nitrogen and oxygen atoms in total. The van der Waals surface area contributed by atoms with Gasteiger partial charge in [-0.15, -0.1) is 12.4 Å². The molecule has 0 aliphatic carbocycles. The smallest absolute Gasteiger partial charge is 0.243 e. The van der Waals surface area contributed by atoms with Crippen LogP contribution < -0.4 is 5.32 Å². The van der Waals surface area contributed by atoms with Crippen LogP contribution in [0.4, 0.5) is 4.39 Å². The van der Waals surface area contributed by atoms with Crippen LogP contribution in [0.2, 0.25) is 0 Å². The molecular formula is C18H26ClFN4O2S. The molecule has 1 saturated heterocycles. The Morgan fingerprint density at radius 1 is 1.33 bits per heavy atom. The van der Waals surface area contributed by atoms with Crippen molar-refractivity contribution >= 4 is 22.4 Å². The van der Waals surface area contributed by atoms with E-state index in [-0.39, 0.29) is 29.0 Å². The number of aryl methyl sites for hydroxylation is 1. The minimum absolute atomic E-state index is 0. The zero-order valence-corrected chi connectivity index (χ0v) is 17.2. The van der Waals surface area contributed by atoms with Crippen LogP contribution >= 0.6 is 12.4 Å². The molecule has 0 bridgehead atoms. The maximum atomic E-state index is 14.6. The topological polar surface area (TPSA) is 67.2 Å². The summed E-state index contributed by atoms with van der Waals surface area (Å²) in [5, 5.41) is 7.33. The first-order valence-corrected chi connectivity index (χ1v) is 10.4. The minimum Gasteiger partial charge on any atom is -0.317 e. The standard InChI is InChI=1S/C18H25FN4O2S.ClH/c1-3-10-23(15-6-8-20-9-7-15)26(24,25)16-4-5-18(17(19)11-16)22-13-14(2)12-21-22;/h4-5,11-13,15,20H,3,6-10H2,1-2H3;1H. The Balaban J connectivity index is 0.00000261. The van der Waals surface area contributed by atoms with E-state index in [1.54, 1.807) is 16.7 Å². The van der Waals surface area contributed by atoms with E-state index in [2.05, 4.69) is 10.4 Å². The van der Waals surface area contributed by atoms with Crippen LogP contribution in [0.3, 0.4) is 0 Å². The highest BCUT2D eigenvalue weighted by Gasteiger charge is 2.32. The summed E-state index contributed by atoms with van der Waals surface area (Å²) >= 11 is 0. The summed E-state index contributed by atoms with van der Waals surface area (Å²) in [5.74, 6) is -0.601. The van der Waals surface area contributed by atoms with Crippen LogP contribution in [-0.4, -0.2) is 48.2 Å². The Morgan fingerprint density at radius 3 is 2.59 bits per heavy atom. The van der Waals surface area contributed by atoms with Gasteiger partial charge in [0.05, 0.1) is 11.1 Å². The first-order chi connectivity index (χ1) is 12.4. The molecule has 1 aliphatic rings. The molecule has 1 aliphatic heterocycles. The summed E-state index contributed by atoms with van der Waals surface area (Å²) in [6.45, 7) is 5.85. The molecule has 9 heteroatoms. The molecule has 0 unspecified atom stereocenters. The summed E-state index contributed by atoms with van der Waals surface area (Å²) in [6, 6.07) is 4.00. The van der Waals surface area contributed by atoms with Gasteiger partial charge in [-0.3, -0.25) is 0 Å². The van der Waals surface area contributed by atoms with E-state index < -0.39 is 15.8 Å². The highest BCUT2D eigenvalue weighted by atomic mass is 35.5. The Hall–Kier alpha value is -1.48. The van der Waals surface area contributed by atoms with Crippen molar-refractivity contribution in [3.05, 3.63) is 42.0 Å². The van der Waals surface area contributed by atoms with E-state index in [1.807, 2.05) is 13.8 Å². The lowest BCUT2D eigenvalue weighted by Crippen LogP contribution is -2.46. The molecule has 0 amide bonds. The number of hydrogen-bond acceptors (Lipinski definition) is 4. The highest BCUT2D eigenvalue weighted by Crippen LogP contribution is 2.25. The number of nitrogens with zero attached hydrogens (tertiary/aromatic N) is 3. The molecule has 3 rings (SSSR count). The average Bonchev–Trinajstić information content (AvgIpc) is 3.06. The zero-order chi connectivity index (χ0) is 18.7. The lowest BCUT2D eigenvalue weighted by atomic mass is 10.1. The molecule has 1 fully saturated rings. The van der Waals surface area contributed by atoms with Crippen LogP contribution in [0.5, 0.6) is 0 Å². The molecule has 2 heterocycles. The van der Waals surface area contributed by atoms with Crippen molar-refractivity contribution in [3.8, 4) is 5.69 Å². The number of piperidine rings is 1. The molecule has 150 valence electrons. The van der Waals surface area contributed by atoms with Gasteiger partial charge in [0.15, 0.2) is 0 Å². The normalized spacial score (nSPS) is 15.7. The van der Waals surface area contributed by atoms with Crippen molar-refractivity contribution in [2.45, 2.75) is 44.0 Å². The number of aromatic nitrogens is 2. The predicted octanol–water partition coefficient (Wildman–Crippen LogP) is 2.89. The summed E-state index contributed by atoms with van der Waals surface area (Å²) in [4.78, 5) is -0.00499. The van der Waals surface area contributed by atoms with Crippen molar-refractivity contribution < 1.29 is 12.8 Å². The van der Waals surface area contributed by atoms with E-state index in [0.29, 0.717) is 6.54 Å². The van der Waals surface area contributed by atoms with Gasteiger partial charge in [-0.2, -0.15) is 9.40 Å². The fourth-order valence-corrected chi connectivity index (χ4v) is 5.12. The maximum Gasteiger partial charge on any atom is 0.243 e. The second-order valence-corrected chi connectivity index (χ2v) is 8.56. The van der Waals surface area contributed by atoms with Gasteiger partial charge in [-0.05, 0) is 63.0 Å². The summed E-state index contributed by atoms with van der Waals surface area (Å²) in [7, 11) is -3.74. The van der Waals surface area contributed by atoms with Gasteiger partial charge in [-0.1, -0.05) is 6.92 Å². The summed E-state index contributed by atoms with van der Waals surface area (Å²) < 4.78 is 43.9. The predicted molar refractivity (Wildman–Crippen MR) is 106 cm³/mol. The number of halogens is 2. The van der Waals surface area contributed by atoms with Gasteiger partial charge in [0.1, 0.15) is 11.5 Å². The van der Waals surface area contributed by atoms with Crippen molar-refractivity contribution in [2.75, 3.05) is 19.6 Å². The van der Waals surface area contributed by atoms with E-state index in [9.17, 15) is 12.8 Å². The summed E-state index contributed by atoms with van der Waals surface area (Å²) in [6.07, 6.45) is 5.59. The van der Waals surface area contributed by atoms with Crippen LogP contribution in [0.15, 0.2) is 35.5 Å². The molecule has 1 aromatic carbocycles. The Morgan fingerprint density at radius 2 is 2.04 bits per heavy atom. The van der Waals surface area contributed by atoms with Crippen molar-refractivity contribution in [1.29, 1.82) is 0 Å². The largest absolute Gasteiger partial charge is 0.317 e. The van der Waals surface area contributed by atoms with Crippen molar-refractivity contribution in [3.63, 3.8) is 0 Å². The molecule has 1 aromatic heterocycles. The SMILES string of the molecule is CCCN(C1CCNCC1)S(=O)(=O)c1ccc(-n2cc(C)cn2)c(F)c1.Cl. The monoisotopic (exact) mass is 416 g/mol. The fraction of sp³-hybridized carbons (Fsp3) is 0.500. The van der Waals surface area contributed by atoms with Crippen LogP contribution in [-0.2, 0) is 10.0 Å². The number of rotatable bonds is 6.